The number of nitrogens with zero attached hydrogens (tertiary/aromatic N) is 1. The molecule has 13 heavy (non-hydrogen) atoms. The predicted octanol–water partition coefficient (Wildman–Crippen LogP) is 2.18. The minimum absolute atomic E-state index is 0.327. The lowest BCUT2D eigenvalue weighted by Crippen LogP contribution is -2.25. The molecule has 1 fully saturated rings. The summed E-state index contributed by atoms with van der Waals surface area (Å²) in [6.07, 6.45) is 0.327. The molecular formula is C11H15NO. The second kappa shape index (κ2) is 3.38. The maximum atomic E-state index is 5.27. The zero-order valence-electron chi connectivity index (χ0n) is 8.16. The number of anilines is 1. The molecule has 1 aliphatic heterocycles. The summed E-state index contributed by atoms with van der Waals surface area (Å²) in [5.41, 5.74) is 2.56. The lowest BCUT2D eigenvalue weighted by atomic mass is 10.2. The van der Waals surface area contributed by atoms with Gasteiger partial charge in [0.2, 0.25) is 0 Å². The van der Waals surface area contributed by atoms with Crippen LogP contribution in [-0.2, 0) is 4.74 Å². The highest BCUT2D eigenvalue weighted by molar-refractivity contribution is 5.48. The van der Waals surface area contributed by atoms with Crippen molar-refractivity contribution in [2.24, 2.45) is 0 Å². The summed E-state index contributed by atoms with van der Waals surface area (Å²) in [7, 11) is 0. The van der Waals surface area contributed by atoms with Gasteiger partial charge in [0.15, 0.2) is 6.23 Å². The summed E-state index contributed by atoms with van der Waals surface area (Å²) >= 11 is 0. The third-order valence-corrected chi connectivity index (χ3v) is 2.37. The van der Waals surface area contributed by atoms with Gasteiger partial charge in [-0.25, -0.2) is 0 Å². The van der Waals surface area contributed by atoms with Crippen molar-refractivity contribution in [1.29, 1.82) is 0 Å². The van der Waals surface area contributed by atoms with Crippen molar-refractivity contribution in [2.45, 2.75) is 20.1 Å². The molecule has 1 aliphatic rings. The summed E-state index contributed by atoms with van der Waals surface area (Å²) in [5, 5.41) is 0. The lowest BCUT2D eigenvalue weighted by Gasteiger charge is -2.20. The SMILES string of the molecule is CCN(c1ccc(C)cc1)C1CO1. The number of ether oxygens (including phenoxy) is 1. The molecule has 0 amide bonds. The van der Waals surface area contributed by atoms with Crippen LogP contribution in [0.25, 0.3) is 0 Å². The average molecular weight is 177 g/mol. The molecule has 0 aliphatic carbocycles. The summed E-state index contributed by atoms with van der Waals surface area (Å²) in [6.45, 7) is 6.14. The molecule has 70 valence electrons. The van der Waals surface area contributed by atoms with Gasteiger partial charge in [-0.2, -0.15) is 0 Å². The van der Waals surface area contributed by atoms with Crippen molar-refractivity contribution in [3.05, 3.63) is 29.8 Å². The van der Waals surface area contributed by atoms with Gasteiger partial charge >= 0.3 is 0 Å². The zero-order valence-corrected chi connectivity index (χ0v) is 8.16. The summed E-state index contributed by atoms with van der Waals surface area (Å²) in [5.74, 6) is 0. The Kier molecular flexibility index (Phi) is 2.23. The first-order valence-corrected chi connectivity index (χ1v) is 4.76. The fraction of sp³-hybridized carbons (Fsp3) is 0.455. The Labute approximate surface area is 79.1 Å². The molecule has 1 unspecified atom stereocenters. The molecule has 1 heterocycles. The van der Waals surface area contributed by atoms with Crippen LogP contribution in [0, 0.1) is 6.92 Å². The zero-order chi connectivity index (χ0) is 9.26. The van der Waals surface area contributed by atoms with Crippen LogP contribution >= 0.6 is 0 Å². The lowest BCUT2D eigenvalue weighted by molar-refractivity contribution is 0.400. The second-order valence-electron chi connectivity index (χ2n) is 3.41. The molecule has 0 spiro atoms. The first-order chi connectivity index (χ1) is 6.31. The van der Waals surface area contributed by atoms with E-state index in [9.17, 15) is 0 Å². The third kappa shape index (κ3) is 1.83. The number of likely N-dealkylation sites (N-methyl/N-ethyl adjacent to an activating group) is 1. The Morgan fingerprint density at radius 2 is 2.00 bits per heavy atom. The van der Waals surface area contributed by atoms with Crippen molar-refractivity contribution < 1.29 is 4.74 Å². The highest BCUT2D eigenvalue weighted by atomic mass is 16.6. The van der Waals surface area contributed by atoms with E-state index in [0.29, 0.717) is 6.23 Å². The first-order valence-electron chi connectivity index (χ1n) is 4.76. The van der Waals surface area contributed by atoms with Crippen molar-refractivity contribution >= 4 is 5.69 Å². The van der Waals surface area contributed by atoms with Gasteiger partial charge in [-0.1, -0.05) is 17.7 Å². The van der Waals surface area contributed by atoms with E-state index in [1.54, 1.807) is 0 Å². The standard InChI is InChI=1S/C11H15NO/c1-3-12(11-8-13-11)10-6-4-9(2)5-7-10/h4-7,11H,3,8H2,1-2H3. The van der Waals surface area contributed by atoms with E-state index in [-0.39, 0.29) is 0 Å². The third-order valence-electron chi connectivity index (χ3n) is 2.37. The van der Waals surface area contributed by atoms with E-state index >= 15 is 0 Å². The monoisotopic (exact) mass is 177 g/mol. The first kappa shape index (κ1) is 8.57. The number of benzene rings is 1. The van der Waals surface area contributed by atoms with Crippen molar-refractivity contribution in [2.75, 3.05) is 18.1 Å². The number of aryl methyl sites for hydroxylation is 1. The van der Waals surface area contributed by atoms with Gasteiger partial charge in [-0.15, -0.1) is 0 Å². The predicted molar refractivity (Wildman–Crippen MR) is 53.9 cm³/mol. The summed E-state index contributed by atoms with van der Waals surface area (Å²) in [6, 6.07) is 8.59. The van der Waals surface area contributed by atoms with E-state index in [2.05, 4.69) is 43.0 Å². The molecule has 0 saturated carbocycles. The smallest absolute Gasteiger partial charge is 0.154 e. The Morgan fingerprint density at radius 3 is 2.46 bits per heavy atom. The summed E-state index contributed by atoms with van der Waals surface area (Å²) < 4.78 is 5.27. The van der Waals surface area contributed by atoms with Gasteiger partial charge in [0.1, 0.15) is 0 Å². The molecule has 1 aromatic carbocycles. The Hall–Kier alpha value is -1.02. The van der Waals surface area contributed by atoms with Gasteiger partial charge in [-0.05, 0) is 26.0 Å². The number of epoxide rings is 1. The molecule has 1 saturated heterocycles. The van der Waals surface area contributed by atoms with Gasteiger partial charge in [-0.3, -0.25) is 0 Å². The number of rotatable bonds is 3. The van der Waals surface area contributed by atoms with E-state index < -0.39 is 0 Å². The summed E-state index contributed by atoms with van der Waals surface area (Å²) in [4.78, 5) is 2.28. The molecule has 1 atom stereocenters. The Balaban J connectivity index is 2.17. The topological polar surface area (TPSA) is 15.8 Å². The minimum atomic E-state index is 0.327. The van der Waals surface area contributed by atoms with Crippen molar-refractivity contribution in [1.82, 2.24) is 0 Å². The van der Waals surface area contributed by atoms with Crippen LogP contribution in [0.1, 0.15) is 12.5 Å². The molecule has 1 aromatic rings. The quantitative estimate of drug-likeness (QED) is 0.658. The van der Waals surface area contributed by atoms with Crippen molar-refractivity contribution in [3.63, 3.8) is 0 Å². The van der Waals surface area contributed by atoms with Crippen LogP contribution in [0.15, 0.2) is 24.3 Å². The second-order valence-corrected chi connectivity index (χ2v) is 3.41. The Bertz CT molecular complexity index is 277. The van der Waals surface area contributed by atoms with Crippen LogP contribution in [0.2, 0.25) is 0 Å². The largest absolute Gasteiger partial charge is 0.351 e. The van der Waals surface area contributed by atoms with Gasteiger partial charge in [0, 0.05) is 12.2 Å². The maximum Gasteiger partial charge on any atom is 0.154 e. The van der Waals surface area contributed by atoms with E-state index in [0.717, 1.165) is 13.2 Å². The fourth-order valence-corrected chi connectivity index (χ4v) is 1.51. The molecule has 0 bridgehead atoms. The molecule has 0 aromatic heterocycles. The fourth-order valence-electron chi connectivity index (χ4n) is 1.51. The van der Waals surface area contributed by atoms with Crippen LogP contribution in [0.5, 0.6) is 0 Å². The number of hydrogen-bond donors (Lipinski definition) is 0. The van der Waals surface area contributed by atoms with Crippen LogP contribution in [0.3, 0.4) is 0 Å². The average Bonchev–Trinajstić information content (AvgIpc) is 2.93. The molecular weight excluding hydrogens is 162 g/mol. The van der Waals surface area contributed by atoms with Gasteiger partial charge in [0.05, 0.1) is 6.61 Å². The maximum absolute atomic E-state index is 5.27. The van der Waals surface area contributed by atoms with E-state index in [1.807, 2.05) is 0 Å². The highest BCUT2D eigenvalue weighted by Gasteiger charge is 2.29. The van der Waals surface area contributed by atoms with E-state index in [4.69, 9.17) is 4.74 Å². The molecule has 2 nitrogen and oxygen atoms in total. The van der Waals surface area contributed by atoms with Crippen LogP contribution in [-0.4, -0.2) is 19.4 Å². The number of hydrogen-bond acceptors (Lipinski definition) is 2. The molecule has 2 rings (SSSR count). The van der Waals surface area contributed by atoms with E-state index in [1.165, 1.54) is 11.3 Å². The molecule has 0 N–H and O–H groups in total. The van der Waals surface area contributed by atoms with Crippen LogP contribution < -0.4 is 4.90 Å². The highest BCUT2D eigenvalue weighted by Crippen LogP contribution is 2.23. The minimum Gasteiger partial charge on any atom is -0.351 e. The normalized spacial score (nSPS) is 20.0. The van der Waals surface area contributed by atoms with Gasteiger partial charge < -0.3 is 9.64 Å². The molecule has 0 radical (unpaired) electrons. The van der Waals surface area contributed by atoms with Crippen LogP contribution in [0.4, 0.5) is 5.69 Å². The van der Waals surface area contributed by atoms with Gasteiger partial charge in [0.25, 0.3) is 0 Å². The molecule has 2 heteroatoms. The van der Waals surface area contributed by atoms with Crippen molar-refractivity contribution in [3.8, 4) is 0 Å². The Morgan fingerprint density at radius 1 is 1.38 bits per heavy atom.